The third-order valence-electron chi connectivity index (χ3n) is 8.20. The third kappa shape index (κ3) is 9.14. The van der Waals surface area contributed by atoms with Crippen LogP contribution in [0.15, 0.2) is 54.9 Å². The van der Waals surface area contributed by atoms with Crippen LogP contribution in [0.25, 0.3) is 11.3 Å². The standard InChI is InChI=1S/C27H24F3N5O3.C9H17NO3/c1-37-20-5-3-16(4-6-20)15-35-26(25(38-2)24(33-35)19-7-9-31-32-14-19)34-10-8-18(27(34)36)11-17-12-21(28)23(30)22(29)13-17;1-9(2,3)13-8(11)10-4-6-12-7-5-10/h3-7,9,12-14,18H,8,10-11,15H2,1-2H3;4-7H2,1-3H3. The summed E-state index contributed by atoms with van der Waals surface area (Å²) in [6, 6.07) is 11.1. The first kappa shape index (κ1) is 37.1. The number of benzene rings is 2. The minimum atomic E-state index is -1.53. The Kier molecular flexibility index (Phi) is 11.8. The number of hydrogen-bond donors (Lipinski definition) is 0. The Morgan fingerprint density at radius 3 is 2.22 bits per heavy atom. The van der Waals surface area contributed by atoms with Crippen molar-refractivity contribution in [2.75, 3.05) is 52.0 Å². The number of aromatic nitrogens is 4. The molecular formula is C36H41F3N6O6. The van der Waals surface area contributed by atoms with Gasteiger partial charge in [0.1, 0.15) is 17.0 Å². The Balaban J connectivity index is 0.000000328. The van der Waals surface area contributed by atoms with Crippen LogP contribution in [0.4, 0.5) is 23.8 Å². The lowest BCUT2D eigenvalue weighted by Crippen LogP contribution is -2.43. The van der Waals surface area contributed by atoms with Gasteiger partial charge >= 0.3 is 6.09 Å². The zero-order valence-corrected chi connectivity index (χ0v) is 29.2. The van der Waals surface area contributed by atoms with Crippen molar-refractivity contribution < 1.29 is 41.7 Å². The number of methoxy groups -OCH3 is 2. The lowest BCUT2D eigenvalue weighted by atomic mass is 9.98. The summed E-state index contributed by atoms with van der Waals surface area (Å²) in [7, 11) is 3.09. The van der Waals surface area contributed by atoms with Crippen molar-refractivity contribution >= 4 is 17.8 Å². The number of hydrogen-bond acceptors (Lipinski definition) is 9. The van der Waals surface area contributed by atoms with Gasteiger partial charge in [-0.2, -0.15) is 15.3 Å². The number of halogens is 3. The second-order valence-corrected chi connectivity index (χ2v) is 13.0. The molecule has 2 aliphatic heterocycles. The highest BCUT2D eigenvalue weighted by molar-refractivity contribution is 5.99. The van der Waals surface area contributed by atoms with Crippen LogP contribution in [0.1, 0.15) is 38.3 Å². The van der Waals surface area contributed by atoms with Crippen molar-refractivity contribution in [3.63, 3.8) is 0 Å². The molecule has 2 saturated heterocycles. The minimum absolute atomic E-state index is 0.0690. The van der Waals surface area contributed by atoms with Crippen molar-refractivity contribution in [1.29, 1.82) is 0 Å². The summed E-state index contributed by atoms with van der Waals surface area (Å²) >= 11 is 0. The Bertz CT molecular complexity index is 1790. The largest absolute Gasteiger partial charge is 0.497 e. The van der Waals surface area contributed by atoms with E-state index in [9.17, 15) is 22.8 Å². The highest BCUT2D eigenvalue weighted by atomic mass is 19.2. The molecule has 1 unspecified atom stereocenters. The predicted octanol–water partition coefficient (Wildman–Crippen LogP) is 5.67. The van der Waals surface area contributed by atoms with Crippen LogP contribution in [-0.2, 0) is 27.2 Å². The maximum atomic E-state index is 13.8. The lowest BCUT2D eigenvalue weighted by molar-refractivity contribution is -0.120. The van der Waals surface area contributed by atoms with Gasteiger partial charge in [-0.15, -0.1) is 0 Å². The van der Waals surface area contributed by atoms with Crippen molar-refractivity contribution in [2.45, 2.75) is 45.8 Å². The molecule has 4 heterocycles. The van der Waals surface area contributed by atoms with Gasteiger partial charge < -0.3 is 23.8 Å². The van der Waals surface area contributed by atoms with Crippen LogP contribution < -0.4 is 14.4 Å². The van der Waals surface area contributed by atoms with E-state index < -0.39 is 29.0 Å². The van der Waals surface area contributed by atoms with E-state index in [1.807, 2.05) is 45.0 Å². The Labute approximate surface area is 294 Å². The number of carbonyl (C=O) groups is 2. The fourth-order valence-electron chi connectivity index (χ4n) is 5.74. The van der Waals surface area contributed by atoms with Crippen LogP contribution in [0.5, 0.6) is 11.5 Å². The van der Waals surface area contributed by atoms with E-state index in [2.05, 4.69) is 10.2 Å². The number of anilines is 1. The third-order valence-corrected chi connectivity index (χ3v) is 8.20. The van der Waals surface area contributed by atoms with Crippen LogP contribution in [0.3, 0.4) is 0 Å². The average molecular weight is 711 g/mol. The molecule has 4 aromatic rings. The van der Waals surface area contributed by atoms with Crippen LogP contribution >= 0.6 is 0 Å². The number of morpholine rings is 1. The van der Waals surface area contributed by atoms with Crippen LogP contribution in [0.2, 0.25) is 0 Å². The monoisotopic (exact) mass is 710 g/mol. The Morgan fingerprint density at radius 1 is 0.941 bits per heavy atom. The van der Waals surface area contributed by atoms with E-state index in [1.54, 1.807) is 33.9 Å². The van der Waals surface area contributed by atoms with Gasteiger partial charge in [-0.05, 0) is 75.1 Å². The summed E-state index contributed by atoms with van der Waals surface area (Å²) in [6.45, 7) is 8.76. The highest BCUT2D eigenvalue weighted by Gasteiger charge is 2.38. The summed E-state index contributed by atoms with van der Waals surface area (Å²) < 4.78 is 64.0. The van der Waals surface area contributed by atoms with Gasteiger partial charge in [-0.3, -0.25) is 9.69 Å². The first-order valence-corrected chi connectivity index (χ1v) is 16.4. The van der Waals surface area contributed by atoms with Gasteiger partial charge in [-0.25, -0.2) is 22.6 Å². The molecule has 6 rings (SSSR count). The molecule has 0 saturated carbocycles. The van der Waals surface area contributed by atoms with Crippen molar-refractivity contribution in [1.82, 2.24) is 24.9 Å². The summed E-state index contributed by atoms with van der Waals surface area (Å²) in [4.78, 5) is 28.3. The molecule has 12 nitrogen and oxygen atoms in total. The maximum absolute atomic E-state index is 13.8. The molecule has 272 valence electrons. The van der Waals surface area contributed by atoms with Gasteiger partial charge in [0.25, 0.3) is 0 Å². The summed E-state index contributed by atoms with van der Waals surface area (Å²) in [5.41, 5.74) is 1.87. The molecule has 0 N–H and O–H groups in total. The fraction of sp³-hybridized carbons (Fsp3) is 0.417. The van der Waals surface area contributed by atoms with E-state index in [0.29, 0.717) is 74.4 Å². The maximum Gasteiger partial charge on any atom is 0.410 e. The topological polar surface area (TPSA) is 121 Å². The Hall–Kier alpha value is -5.18. The van der Waals surface area contributed by atoms with Crippen molar-refractivity contribution in [3.05, 3.63) is 83.4 Å². The second-order valence-electron chi connectivity index (χ2n) is 13.0. The molecule has 0 spiro atoms. The van der Waals surface area contributed by atoms with Gasteiger partial charge in [0.15, 0.2) is 29.0 Å². The lowest BCUT2D eigenvalue weighted by Gasteiger charge is -2.29. The molecule has 1 atom stereocenters. The van der Waals surface area contributed by atoms with Gasteiger partial charge in [0.2, 0.25) is 5.91 Å². The number of carbonyl (C=O) groups excluding carboxylic acids is 2. The SMILES string of the molecule is CC(C)(C)OC(=O)N1CCOCC1.COc1ccc(Cn2nc(-c3ccnnc3)c(OC)c2N2CCC(Cc3cc(F)c(F)c(F)c3)C2=O)cc1. The molecule has 2 aromatic carbocycles. The first-order chi connectivity index (χ1) is 24.4. The molecule has 2 aliphatic rings. The number of rotatable bonds is 8. The molecule has 0 aliphatic carbocycles. The first-order valence-electron chi connectivity index (χ1n) is 16.4. The zero-order chi connectivity index (χ0) is 36.7. The van der Waals surface area contributed by atoms with Crippen molar-refractivity contribution in [2.24, 2.45) is 5.92 Å². The number of ether oxygens (including phenoxy) is 4. The van der Waals surface area contributed by atoms with Gasteiger partial charge in [0.05, 0.1) is 46.4 Å². The van der Waals surface area contributed by atoms with Crippen LogP contribution in [0, 0.1) is 23.4 Å². The predicted molar refractivity (Wildman–Crippen MR) is 181 cm³/mol. The second kappa shape index (κ2) is 16.2. The number of nitrogens with zero attached hydrogens (tertiary/aromatic N) is 6. The quantitative estimate of drug-likeness (QED) is 0.213. The molecule has 2 amide bonds. The molecular weight excluding hydrogens is 669 g/mol. The molecule has 15 heteroatoms. The number of amides is 2. The van der Waals surface area contributed by atoms with E-state index in [4.69, 9.17) is 24.0 Å². The summed E-state index contributed by atoms with van der Waals surface area (Å²) in [5, 5.41) is 12.5. The van der Waals surface area contributed by atoms with Gasteiger partial charge in [0, 0.05) is 31.1 Å². The van der Waals surface area contributed by atoms with Crippen molar-refractivity contribution in [3.8, 4) is 22.8 Å². The molecule has 2 fully saturated rings. The zero-order valence-electron chi connectivity index (χ0n) is 29.2. The van der Waals surface area contributed by atoms with E-state index in [1.165, 1.54) is 13.3 Å². The summed E-state index contributed by atoms with van der Waals surface area (Å²) in [5.74, 6) is -3.34. The smallest absolute Gasteiger partial charge is 0.410 e. The highest BCUT2D eigenvalue weighted by Crippen LogP contribution is 2.41. The minimum Gasteiger partial charge on any atom is -0.497 e. The average Bonchev–Trinajstić information content (AvgIpc) is 3.66. The molecule has 0 bridgehead atoms. The summed E-state index contributed by atoms with van der Waals surface area (Å²) in [6.07, 6.45) is 3.35. The van der Waals surface area contributed by atoms with E-state index in [0.717, 1.165) is 17.7 Å². The molecule has 0 radical (unpaired) electrons. The van der Waals surface area contributed by atoms with Gasteiger partial charge in [-0.1, -0.05) is 12.1 Å². The van der Waals surface area contributed by atoms with E-state index in [-0.39, 0.29) is 24.0 Å². The molecule has 51 heavy (non-hydrogen) atoms. The Morgan fingerprint density at radius 2 is 1.63 bits per heavy atom. The van der Waals surface area contributed by atoms with Crippen LogP contribution in [-0.4, -0.2) is 89.5 Å². The van der Waals surface area contributed by atoms with E-state index >= 15 is 0 Å². The fourth-order valence-corrected chi connectivity index (χ4v) is 5.74. The normalized spacial score (nSPS) is 16.1. The molecule has 2 aromatic heterocycles.